The lowest BCUT2D eigenvalue weighted by Crippen LogP contribution is -2.38. The molecule has 20 heavy (non-hydrogen) atoms. The molecule has 3 rings (SSSR count). The molecule has 1 unspecified atom stereocenters. The average Bonchev–Trinajstić information content (AvgIpc) is 3.28. The molecule has 0 radical (unpaired) electrons. The number of amides is 1. The maximum Gasteiger partial charge on any atom is 0.257 e. The van der Waals surface area contributed by atoms with Crippen molar-refractivity contribution in [3.05, 3.63) is 47.2 Å². The maximum absolute atomic E-state index is 12.2. The van der Waals surface area contributed by atoms with Gasteiger partial charge >= 0.3 is 0 Å². The molecule has 0 bridgehead atoms. The quantitative estimate of drug-likeness (QED) is 0.511. The van der Waals surface area contributed by atoms with Crippen molar-refractivity contribution in [1.29, 1.82) is 0 Å². The summed E-state index contributed by atoms with van der Waals surface area (Å²) in [6.45, 7) is 1.52. The molecule has 6 heteroatoms. The van der Waals surface area contributed by atoms with Gasteiger partial charge in [0.15, 0.2) is 11.3 Å². The van der Waals surface area contributed by atoms with Crippen LogP contribution in [0.1, 0.15) is 20.7 Å². The summed E-state index contributed by atoms with van der Waals surface area (Å²) >= 11 is 5.92. The van der Waals surface area contributed by atoms with E-state index in [0.29, 0.717) is 11.1 Å². The summed E-state index contributed by atoms with van der Waals surface area (Å²) in [5.41, 5.74) is -0.181. The number of allylic oxidation sites excluding steroid dienone is 2. The highest BCUT2D eigenvalue weighted by atomic mass is 35.5. The number of Topliss-reactive ketones (excluding diaryl/α,β-unsaturated/α-hetero) is 1. The van der Waals surface area contributed by atoms with Crippen molar-refractivity contribution in [3.63, 3.8) is 0 Å². The molecular weight excluding hydrogens is 280 g/mol. The third-order valence-corrected chi connectivity index (χ3v) is 3.71. The van der Waals surface area contributed by atoms with Gasteiger partial charge in [0.1, 0.15) is 0 Å². The van der Waals surface area contributed by atoms with E-state index >= 15 is 0 Å². The zero-order chi connectivity index (χ0) is 14.3. The lowest BCUT2D eigenvalue weighted by molar-refractivity contribution is -0.121. The highest BCUT2D eigenvalue weighted by molar-refractivity contribution is 6.32. The molecule has 102 valence electrons. The largest absolute Gasteiger partial charge is 0.320 e. The van der Waals surface area contributed by atoms with Crippen molar-refractivity contribution in [2.45, 2.75) is 5.50 Å². The molecule has 1 atom stereocenters. The zero-order valence-electron chi connectivity index (χ0n) is 10.4. The molecule has 1 amide bonds. The predicted octanol–water partition coefficient (Wildman–Crippen LogP) is 0.946. The van der Waals surface area contributed by atoms with E-state index in [1.165, 1.54) is 0 Å². The number of fused-ring (bicyclic) bond motifs is 1. The highest BCUT2D eigenvalue weighted by Crippen LogP contribution is 2.21. The second-order valence-electron chi connectivity index (χ2n) is 4.66. The van der Waals surface area contributed by atoms with Crippen LogP contribution in [-0.4, -0.2) is 41.0 Å². The van der Waals surface area contributed by atoms with Gasteiger partial charge in [0.25, 0.3) is 5.91 Å². The first-order chi connectivity index (χ1) is 9.58. The Kier molecular flexibility index (Phi) is 3.16. The lowest BCUT2D eigenvalue weighted by Gasteiger charge is -2.17. The zero-order valence-corrected chi connectivity index (χ0v) is 11.2. The summed E-state index contributed by atoms with van der Waals surface area (Å²) in [7, 11) is 0. The van der Waals surface area contributed by atoms with Crippen molar-refractivity contribution in [2.24, 2.45) is 0 Å². The molecule has 5 nitrogen and oxygen atoms in total. The van der Waals surface area contributed by atoms with Crippen molar-refractivity contribution in [3.8, 4) is 0 Å². The van der Waals surface area contributed by atoms with Crippen LogP contribution in [0.4, 0.5) is 0 Å². The van der Waals surface area contributed by atoms with Gasteiger partial charge in [-0.2, -0.15) is 0 Å². The highest BCUT2D eigenvalue weighted by Gasteiger charge is 2.33. The molecule has 1 fully saturated rings. The fourth-order valence-electron chi connectivity index (χ4n) is 2.05. The van der Waals surface area contributed by atoms with Gasteiger partial charge in [-0.05, 0) is 0 Å². The molecule has 1 heterocycles. The number of nitrogens with zero attached hydrogens (tertiary/aromatic N) is 1. The number of ketones is 2. The van der Waals surface area contributed by atoms with Gasteiger partial charge in [0, 0.05) is 30.3 Å². The van der Waals surface area contributed by atoms with E-state index in [9.17, 15) is 14.4 Å². The van der Waals surface area contributed by atoms with Crippen LogP contribution in [0.3, 0.4) is 0 Å². The van der Waals surface area contributed by atoms with E-state index < -0.39 is 11.4 Å². The number of alkyl halides is 1. The van der Waals surface area contributed by atoms with Crippen molar-refractivity contribution in [2.75, 3.05) is 13.1 Å². The molecule has 1 aliphatic heterocycles. The fraction of sp³-hybridized carbons (Fsp3) is 0.214. The summed E-state index contributed by atoms with van der Waals surface area (Å²) < 4.78 is 0. The molecule has 1 aromatic rings. The molecule has 0 spiro atoms. The van der Waals surface area contributed by atoms with Gasteiger partial charge in [-0.1, -0.05) is 35.9 Å². The fourth-order valence-corrected chi connectivity index (χ4v) is 2.30. The number of hydrogen-bond donors (Lipinski definition) is 1. The van der Waals surface area contributed by atoms with Crippen LogP contribution in [0.25, 0.3) is 0 Å². The Labute approximate surface area is 120 Å². The maximum atomic E-state index is 12.2. The summed E-state index contributed by atoms with van der Waals surface area (Å²) in [6, 6.07) is 6.52. The smallest absolute Gasteiger partial charge is 0.257 e. The number of rotatable bonds is 3. The second kappa shape index (κ2) is 4.85. The van der Waals surface area contributed by atoms with Crippen LogP contribution in [0.15, 0.2) is 36.0 Å². The Bertz CT molecular complexity index is 650. The van der Waals surface area contributed by atoms with E-state index in [1.54, 1.807) is 29.2 Å². The van der Waals surface area contributed by atoms with Gasteiger partial charge in [-0.3, -0.25) is 19.3 Å². The normalized spacial score (nSPS) is 19.1. The van der Waals surface area contributed by atoms with Crippen LogP contribution >= 0.6 is 11.6 Å². The van der Waals surface area contributed by atoms with Crippen LogP contribution in [0.5, 0.6) is 0 Å². The summed E-state index contributed by atoms with van der Waals surface area (Å²) in [4.78, 5) is 37.7. The van der Waals surface area contributed by atoms with Crippen LogP contribution in [0, 0.1) is 0 Å². The number of nitrogens with one attached hydrogen (secondary N) is 1. The predicted molar refractivity (Wildman–Crippen MR) is 72.5 cm³/mol. The Hall–Kier alpha value is -1.98. The monoisotopic (exact) mass is 290 g/mol. The van der Waals surface area contributed by atoms with Crippen LogP contribution in [0.2, 0.25) is 0 Å². The van der Waals surface area contributed by atoms with Crippen molar-refractivity contribution < 1.29 is 14.4 Å². The van der Waals surface area contributed by atoms with E-state index in [-0.39, 0.29) is 17.3 Å². The Balaban J connectivity index is 1.83. The first-order valence-corrected chi connectivity index (χ1v) is 6.60. The molecule has 1 N–H and O–H groups in total. The van der Waals surface area contributed by atoms with Gasteiger partial charge < -0.3 is 5.32 Å². The number of benzene rings is 1. The SMILES string of the molecule is O=C1C=C(NC(=O)C(Cl)N2CC2)C(=O)c2ccccc21. The number of halogens is 1. The second-order valence-corrected chi connectivity index (χ2v) is 5.07. The standard InChI is InChI=1S/C14H11ClN2O3/c15-13(17-5-6-17)14(20)16-10-7-11(18)8-3-1-2-4-9(8)12(10)19/h1-4,7,13H,5-6H2,(H,16,20). The van der Waals surface area contributed by atoms with Gasteiger partial charge in [-0.25, -0.2) is 0 Å². The van der Waals surface area contributed by atoms with E-state index in [2.05, 4.69) is 5.32 Å². The van der Waals surface area contributed by atoms with Gasteiger partial charge in [0.05, 0.1) is 5.70 Å². The van der Waals surface area contributed by atoms with Crippen molar-refractivity contribution in [1.82, 2.24) is 10.2 Å². The van der Waals surface area contributed by atoms with Crippen LogP contribution in [-0.2, 0) is 4.79 Å². The van der Waals surface area contributed by atoms with Gasteiger partial charge in [0.2, 0.25) is 5.78 Å². The minimum atomic E-state index is -0.809. The number of hydrogen-bond acceptors (Lipinski definition) is 4. The van der Waals surface area contributed by atoms with E-state index in [0.717, 1.165) is 19.2 Å². The van der Waals surface area contributed by atoms with E-state index in [1.807, 2.05) is 0 Å². The van der Waals surface area contributed by atoms with E-state index in [4.69, 9.17) is 11.6 Å². The minimum absolute atomic E-state index is 0.0220. The average molecular weight is 291 g/mol. The molecule has 2 aliphatic rings. The van der Waals surface area contributed by atoms with Gasteiger partial charge in [-0.15, -0.1) is 0 Å². The third-order valence-electron chi connectivity index (χ3n) is 3.23. The summed E-state index contributed by atoms with van der Waals surface area (Å²) in [5, 5.41) is 2.44. The molecule has 0 saturated carbocycles. The van der Waals surface area contributed by atoms with Crippen molar-refractivity contribution >= 4 is 29.1 Å². The summed E-state index contributed by atoms with van der Waals surface area (Å²) in [5.74, 6) is -1.16. The minimum Gasteiger partial charge on any atom is -0.320 e. The first kappa shape index (κ1) is 13.0. The number of carbonyl (C=O) groups is 3. The van der Waals surface area contributed by atoms with Crippen LogP contribution < -0.4 is 5.32 Å². The molecule has 0 aromatic heterocycles. The molecule has 1 aromatic carbocycles. The first-order valence-electron chi connectivity index (χ1n) is 6.16. The lowest BCUT2D eigenvalue weighted by atomic mass is 9.93. The molecule has 1 aliphatic carbocycles. The topological polar surface area (TPSA) is 66.2 Å². The third kappa shape index (κ3) is 2.26. The Morgan fingerprint density at radius 2 is 1.85 bits per heavy atom. The molecular formula is C14H11ClN2O3. The number of carbonyl (C=O) groups excluding carboxylic acids is 3. The Morgan fingerprint density at radius 3 is 2.50 bits per heavy atom. The summed E-state index contributed by atoms with van der Waals surface area (Å²) in [6.07, 6.45) is 1.15. The Morgan fingerprint density at radius 1 is 1.20 bits per heavy atom. The molecule has 1 saturated heterocycles.